The number of likely N-dealkylation sites (tertiary alicyclic amines) is 1. The Bertz CT molecular complexity index is 1320. The zero-order chi connectivity index (χ0) is 30.9. The number of nitrogens with zero attached hydrogens (tertiary/aromatic N) is 4. The second-order valence-electron chi connectivity index (χ2n) is 11.0. The molecule has 0 aromatic heterocycles. The van der Waals surface area contributed by atoms with Crippen LogP contribution in [0.3, 0.4) is 0 Å². The third-order valence-corrected chi connectivity index (χ3v) is 8.70. The second-order valence-corrected chi connectivity index (χ2v) is 11.5. The van der Waals surface area contributed by atoms with E-state index in [1.165, 1.54) is 49.1 Å². The summed E-state index contributed by atoms with van der Waals surface area (Å²) in [5.74, 6) is -1.21. The molecule has 2 atom stereocenters. The minimum absolute atomic E-state index is 0.0426. The highest BCUT2D eigenvalue weighted by Gasteiger charge is 2.43. The first kappa shape index (κ1) is 31.4. The lowest BCUT2D eigenvalue weighted by Crippen LogP contribution is -2.48. The van der Waals surface area contributed by atoms with Crippen LogP contribution in [0, 0.1) is 11.7 Å². The molecule has 1 heterocycles. The zero-order valence-corrected chi connectivity index (χ0v) is 24.2. The third-order valence-electron chi connectivity index (χ3n) is 8.48. The molecule has 1 aliphatic heterocycles. The Kier molecular flexibility index (Phi) is 9.24. The van der Waals surface area contributed by atoms with Crippen molar-refractivity contribution in [3.8, 4) is 0 Å². The summed E-state index contributed by atoms with van der Waals surface area (Å²) in [7, 11) is 4.39. The number of benzene rings is 2. The fourth-order valence-electron chi connectivity index (χ4n) is 5.94. The molecule has 4 amide bonds. The van der Waals surface area contributed by atoms with Gasteiger partial charge in [-0.3, -0.25) is 9.69 Å². The number of carbonyl (C=O) groups excluding carboxylic acids is 2. The largest absolute Gasteiger partial charge is 0.465 e. The van der Waals surface area contributed by atoms with Gasteiger partial charge in [0.05, 0.1) is 11.6 Å². The normalized spacial score (nSPS) is 22.5. The topological polar surface area (TPSA) is 84.4 Å². The molecule has 2 aromatic rings. The van der Waals surface area contributed by atoms with Crippen LogP contribution in [-0.2, 0) is 11.0 Å². The van der Waals surface area contributed by atoms with Gasteiger partial charge in [0.1, 0.15) is 5.82 Å². The number of carboxylic acid groups (broad SMARTS) is 1. The van der Waals surface area contributed by atoms with Crippen LogP contribution in [0.2, 0.25) is 5.02 Å². The molecule has 1 aliphatic carbocycles. The number of amides is 4. The predicted molar refractivity (Wildman–Crippen MR) is 149 cm³/mol. The van der Waals surface area contributed by atoms with Crippen LogP contribution in [0.4, 0.5) is 32.8 Å². The van der Waals surface area contributed by atoms with Crippen LogP contribution < -0.4 is 4.90 Å². The molecule has 13 heteroatoms. The molecule has 1 saturated heterocycles. The summed E-state index contributed by atoms with van der Waals surface area (Å²) in [6.45, 7) is 0.441. The Labute approximate surface area is 246 Å². The highest BCUT2D eigenvalue weighted by molar-refractivity contribution is 6.31. The highest BCUT2D eigenvalue weighted by atomic mass is 35.5. The lowest BCUT2D eigenvalue weighted by Gasteiger charge is -2.34. The Morgan fingerprint density at radius 1 is 0.929 bits per heavy atom. The van der Waals surface area contributed by atoms with Crippen LogP contribution in [0.5, 0.6) is 0 Å². The van der Waals surface area contributed by atoms with Crippen molar-refractivity contribution >= 4 is 35.3 Å². The minimum atomic E-state index is -4.66. The molecule has 0 bridgehead atoms. The number of hydrogen-bond acceptors (Lipinski definition) is 3. The molecule has 1 N–H and O–H groups in total. The molecule has 42 heavy (non-hydrogen) atoms. The summed E-state index contributed by atoms with van der Waals surface area (Å²) in [4.78, 5) is 43.9. The van der Waals surface area contributed by atoms with Gasteiger partial charge in [0.2, 0.25) is 5.91 Å². The Morgan fingerprint density at radius 3 is 2.12 bits per heavy atom. The number of likely N-dealkylation sites (N-methyl/N-ethyl adjacent to an activating group) is 1. The van der Waals surface area contributed by atoms with Gasteiger partial charge in [-0.2, -0.15) is 13.2 Å². The van der Waals surface area contributed by atoms with E-state index in [4.69, 9.17) is 11.6 Å². The summed E-state index contributed by atoms with van der Waals surface area (Å²) in [5.41, 5.74) is -0.315. The van der Waals surface area contributed by atoms with Crippen molar-refractivity contribution < 1.29 is 37.1 Å². The molecular formula is C29H33ClF4N4O4. The van der Waals surface area contributed by atoms with Crippen molar-refractivity contribution in [2.75, 3.05) is 39.1 Å². The molecule has 0 spiro atoms. The summed E-state index contributed by atoms with van der Waals surface area (Å²) in [5, 5.41) is 9.10. The molecule has 8 nitrogen and oxygen atoms in total. The number of rotatable bonds is 5. The SMILES string of the molecule is CN(C(=O)N(C)[C@@H]1CN(C(=O)[C@H]2CC[C@H](N(C)C(=O)O)CC2)C[C@H]1c1ccc(F)cc1)c1cc(Cl)cc(C(F)(F)F)c1. The fourth-order valence-corrected chi connectivity index (χ4v) is 6.17. The number of halogens is 5. The lowest BCUT2D eigenvalue weighted by molar-refractivity contribution is -0.137. The maximum absolute atomic E-state index is 13.7. The van der Waals surface area contributed by atoms with Gasteiger partial charge in [-0.25, -0.2) is 14.0 Å². The Hall–Kier alpha value is -3.54. The van der Waals surface area contributed by atoms with Crippen molar-refractivity contribution in [2.24, 2.45) is 5.92 Å². The van der Waals surface area contributed by atoms with Crippen molar-refractivity contribution in [3.63, 3.8) is 0 Å². The minimum Gasteiger partial charge on any atom is -0.465 e. The lowest BCUT2D eigenvalue weighted by atomic mass is 9.84. The highest BCUT2D eigenvalue weighted by Crippen LogP contribution is 2.37. The first-order valence-corrected chi connectivity index (χ1v) is 13.9. The van der Waals surface area contributed by atoms with Gasteiger partial charge in [0, 0.05) is 62.8 Å². The van der Waals surface area contributed by atoms with Crippen LogP contribution in [0.1, 0.15) is 42.7 Å². The van der Waals surface area contributed by atoms with E-state index in [-0.39, 0.29) is 47.6 Å². The molecular weight excluding hydrogens is 580 g/mol. The summed E-state index contributed by atoms with van der Waals surface area (Å²) in [6.07, 6.45) is -3.51. The molecule has 2 fully saturated rings. The number of urea groups is 1. The summed E-state index contributed by atoms with van der Waals surface area (Å²) in [6, 6.07) is 7.38. The van der Waals surface area contributed by atoms with E-state index < -0.39 is 35.7 Å². The first-order chi connectivity index (χ1) is 19.7. The van der Waals surface area contributed by atoms with Gasteiger partial charge in [0.15, 0.2) is 0 Å². The van der Waals surface area contributed by atoms with Gasteiger partial charge >= 0.3 is 18.3 Å². The van der Waals surface area contributed by atoms with Crippen molar-refractivity contribution in [3.05, 3.63) is 64.4 Å². The van der Waals surface area contributed by atoms with Crippen LogP contribution in [0.25, 0.3) is 0 Å². The van der Waals surface area contributed by atoms with E-state index in [0.29, 0.717) is 31.2 Å². The summed E-state index contributed by atoms with van der Waals surface area (Å²) < 4.78 is 53.9. The van der Waals surface area contributed by atoms with E-state index in [1.807, 2.05) is 0 Å². The van der Waals surface area contributed by atoms with Crippen molar-refractivity contribution in [1.82, 2.24) is 14.7 Å². The maximum atomic E-state index is 13.7. The van der Waals surface area contributed by atoms with Crippen LogP contribution >= 0.6 is 11.6 Å². The number of hydrogen-bond donors (Lipinski definition) is 1. The second kappa shape index (κ2) is 12.4. The zero-order valence-electron chi connectivity index (χ0n) is 23.4. The molecule has 2 aliphatic rings. The molecule has 228 valence electrons. The molecule has 0 radical (unpaired) electrons. The standard InChI is InChI=1S/C29H33ClF4N4O4/c1-35(23-13-19(29(32,33)34)12-20(30)14-23)27(40)37(3)25-16-38(15-24(25)17-4-8-21(31)9-5-17)26(39)18-6-10-22(11-7-18)36(2)28(41)42/h4-5,8-9,12-14,18,22,24-25H,6-7,10-11,15-16H2,1-3H3,(H,41,42)/t18-,22-,24-,25+/m0/s1. The van der Waals surface area contributed by atoms with E-state index in [1.54, 1.807) is 17.0 Å². The molecule has 0 unspecified atom stereocenters. The van der Waals surface area contributed by atoms with Crippen LogP contribution in [0.15, 0.2) is 42.5 Å². The van der Waals surface area contributed by atoms with E-state index in [2.05, 4.69) is 0 Å². The van der Waals surface area contributed by atoms with Gasteiger partial charge in [0.25, 0.3) is 0 Å². The Morgan fingerprint density at radius 2 is 1.55 bits per heavy atom. The average molecular weight is 613 g/mol. The monoisotopic (exact) mass is 612 g/mol. The third kappa shape index (κ3) is 6.74. The fraction of sp³-hybridized carbons (Fsp3) is 0.483. The van der Waals surface area contributed by atoms with E-state index in [9.17, 15) is 37.1 Å². The maximum Gasteiger partial charge on any atom is 0.416 e. The van der Waals surface area contributed by atoms with Crippen molar-refractivity contribution in [2.45, 2.75) is 49.9 Å². The predicted octanol–water partition coefficient (Wildman–Crippen LogP) is 6.15. The average Bonchev–Trinajstić information content (AvgIpc) is 3.40. The number of carbonyl (C=O) groups is 3. The quantitative estimate of drug-likeness (QED) is 0.411. The number of alkyl halides is 3. The Balaban J connectivity index is 1.54. The van der Waals surface area contributed by atoms with Crippen LogP contribution in [-0.4, -0.2) is 84.2 Å². The van der Waals surface area contributed by atoms with Gasteiger partial charge in [-0.1, -0.05) is 23.7 Å². The molecule has 1 saturated carbocycles. The summed E-state index contributed by atoms with van der Waals surface area (Å²) >= 11 is 5.94. The van der Waals surface area contributed by atoms with E-state index in [0.717, 1.165) is 17.0 Å². The van der Waals surface area contributed by atoms with Gasteiger partial charge < -0.3 is 19.8 Å². The first-order valence-electron chi connectivity index (χ1n) is 13.6. The number of anilines is 1. The van der Waals surface area contributed by atoms with Gasteiger partial charge in [-0.15, -0.1) is 0 Å². The van der Waals surface area contributed by atoms with Crippen molar-refractivity contribution in [1.29, 1.82) is 0 Å². The smallest absolute Gasteiger partial charge is 0.416 e. The molecule has 2 aromatic carbocycles. The molecule has 4 rings (SSSR count). The van der Waals surface area contributed by atoms with Gasteiger partial charge in [-0.05, 0) is 61.6 Å². The van der Waals surface area contributed by atoms with E-state index >= 15 is 0 Å².